The van der Waals surface area contributed by atoms with Crippen molar-refractivity contribution < 1.29 is 4.42 Å². The average Bonchev–Trinajstić information content (AvgIpc) is 3.72. The number of benzene rings is 10. The number of hydrogen-bond donors (Lipinski definition) is 0. The Kier molecular flexibility index (Phi) is 8.87. The van der Waals surface area contributed by atoms with E-state index >= 15 is 0 Å². The molecule has 0 aliphatic rings. The zero-order valence-electron chi connectivity index (χ0n) is 32.9. The van der Waals surface area contributed by atoms with E-state index < -0.39 is 0 Å². The smallest absolute Gasteiger partial charge is 0.159 e. The minimum absolute atomic E-state index is 0.858. The van der Waals surface area contributed by atoms with Crippen molar-refractivity contribution in [2.24, 2.45) is 0 Å². The zero-order valence-corrected chi connectivity index (χ0v) is 32.9. The highest BCUT2D eigenvalue weighted by Crippen LogP contribution is 2.45. The van der Waals surface area contributed by atoms with E-state index in [0.717, 1.165) is 50.1 Å². The molecule has 0 N–H and O–H groups in total. The summed E-state index contributed by atoms with van der Waals surface area (Å²) in [5, 5.41) is 4.68. The van der Waals surface area contributed by atoms with E-state index in [-0.39, 0.29) is 0 Å². The predicted octanol–water partition coefficient (Wildman–Crippen LogP) is 16.5. The fourth-order valence-electron chi connectivity index (χ4n) is 8.91. The normalized spacial score (nSPS) is 11.3. The van der Waals surface area contributed by atoms with Gasteiger partial charge in [-0.2, -0.15) is 0 Å². The number of rotatable bonds is 8. The van der Waals surface area contributed by atoms with Crippen molar-refractivity contribution in [1.82, 2.24) is 0 Å². The highest BCUT2D eigenvalue weighted by Gasteiger charge is 2.21. The SMILES string of the molecule is c1ccc(-c2ccccc2-c2ccccc2-c2ccc(N(c3ccc(-c4cccc5cccc(-c6ccccc6)c45)cc3)c3cccc4c3oc3ccccc34)cc2)cc1. The maximum absolute atomic E-state index is 6.67. The molecule has 282 valence electrons. The van der Waals surface area contributed by atoms with Gasteiger partial charge in [-0.05, 0) is 103 Å². The molecule has 1 heterocycles. The Bertz CT molecular complexity index is 3290. The summed E-state index contributed by atoms with van der Waals surface area (Å²) in [5.74, 6) is 0. The van der Waals surface area contributed by atoms with Gasteiger partial charge < -0.3 is 9.32 Å². The monoisotopic (exact) mass is 765 g/mol. The summed E-state index contributed by atoms with van der Waals surface area (Å²) < 4.78 is 6.67. The zero-order chi connectivity index (χ0) is 39.8. The summed E-state index contributed by atoms with van der Waals surface area (Å²) in [4.78, 5) is 2.33. The van der Waals surface area contributed by atoms with Gasteiger partial charge in [0.25, 0.3) is 0 Å². The van der Waals surface area contributed by atoms with Crippen LogP contribution in [0, 0.1) is 0 Å². The molecule has 2 nitrogen and oxygen atoms in total. The molecule has 0 aliphatic heterocycles. The number of fused-ring (bicyclic) bond motifs is 4. The van der Waals surface area contributed by atoms with Crippen LogP contribution in [0.2, 0.25) is 0 Å². The van der Waals surface area contributed by atoms with Gasteiger partial charge >= 0.3 is 0 Å². The molecule has 0 radical (unpaired) electrons. The molecule has 0 atom stereocenters. The van der Waals surface area contributed by atoms with E-state index in [1.54, 1.807) is 0 Å². The van der Waals surface area contributed by atoms with Crippen LogP contribution in [0.3, 0.4) is 0 Å². The van der Waals surface area contributed by atoms with Gasteiger partial charge in [-0.1, -0.05) is 200 Å². The second-order valence-electron chi connectivity index (χ2n) is 15.2. The molecule has 0 spiro atoms. The van der Waals surface area contributed by atoms with Gasteiger partial charge in [0.1, 0.15) is 5.58 Å². The summed E-state index contributed by atoms with van der Waals surface area (Å²) in [7, 11) is 0. The minimum atomic E-state index is 0.858. The van der Waals surface area contributed by atoms with E-state index in [1.807, 2.05) is 12.1 Å². The van der Waals surface area contributed by atoms with Gasteiger partial charge in [-0.25, -0.2) is 0 Å². The number of hydrogen-bond acceptors (Lipinski definition) is 2. The Balaban J connectivity index is 1.04. The molecule has 0 amide bonds. The molecule has 0 saturated heterocycles. The van der Waals surface area contributed by atoms with Crippen molar-refractivity contribution in [2.45, 2.75) is 0 Å². The molecular formula is C58H39NO. The number of anilines is 3. The van der Waals surface area contributed by atoms with E-state index in [2.05, 4.69) is 229 Å². The lowest BCUT2D eigenvalue weighted by molar-refractivity contribution is 0.669. The van der Waals surface area contributed by atoms with Gasteiger partial charge in [-0.15, -0.1) is 0 Å². The summed E-state index contributed by atoms with van der Waals surface area (Å²) in [6.07, 6.45) is 0. The molecule has 0 aliphatic carbocycles. The molecular weight excluding hydrogens is 727 g/mol. The van der Waals surface area contributed by atoms with Gasteiger partial charge in [0, 0.05) is 22.1 Å². The largest absolute Gasteiger partial charge is 0.454 e. The topological polar surface area (TPSA) is 16.4 Å². The van der Waals surface area contributed by atoms with Crippen molar-refractivity contribution in [2.75, 3.05) is 4.90 Å². The summed E-state index contributed by atoms with van der Waals surface area (Å²) >= 11 is 0. The second-order valence-corrected chi connectivity index (χ2v) is 15.2. The van der Waals surface area contributed by atoms with Crippen LogP contribution >= 0.6 is 0 Å². The van der Waals surface area contributed by atoms with Gasteiger partial charge in [0.15, 0.2) is 5.58 Å². The highest BCUT2D eigenvalue weighted by molar-refractivity contribution is 6.11. The highest BCUT2D eigenvalue weighted by atomic mass is 16.3. The van der Waals surface area contributed by atoms with Crippen LogP contribution in [0.25, 0.3) is 88.3 Å². The standard InChI is InChI=1S/C58H39NO/c1-3-16-40(17-4-1)47-22-7-9-24-51(47)52-25-10-8-23-48(52)42-32-36-45(37-33-42)59(55-30-15-29-54-53-26-11-12-31-56(53)60-58(54)55)46-38-34-43(35-39-46)50-28-14-21-44-20-13-27-49(57(44)50)41-18-5-2-6-19-41/h1-39H. The quantitative estimate of drug-likeness (QED) is 0.153. The first kappa shape index (κ1) is 35.2. The molecule has 0 unspecified atom stereocenters. The molecule has 11 aromatic rings. The molecule has 0 bridgehead atoms. The first-order valence-electron chi connectivity index (χ1n) is 20.5. The van der Waals surface area contributed by atoms with Crippen LogP contribution in [0.4, 0.5) is 17.1 Å². The molecule has 11 rings (SSSR count). The molecule has 60 heavy (non-hydrogen) atoms. The van der Waals surface area contributed by atoms with Crippen molar-refractivity contribution in [3.05, 3.63) is 237 Å². The van der Waals surface area contributed by atoms with E-state index in [0.29, 0.717) is 0 Å². The summed E-state index contributed by atoms with van der Waals surface area (Å²) in [6, 6.07) is 84.7. The van der Waals surface area contributed by atoms with E-state index in [9.17, 15) is 0 Å². The van der Waals surface area contributed by atoms with Crippen molar-refractivity contribution in [3.8, 4) is 55.6 Å². The summed E-state index contributed by atoms with van der Waals surface area (Å²) in [5.41, 5.74) is 16.8. The van der Waals surface area contributed by atoms with Crippen molar-refractivity contribution >= 4 is 49.8 Å². The maximum Gasteiger partial charge on any atom is 0.159 e. The first-order chi connectivity index (χ1) is 29.8. The molecule has 1 aromatic heterocycles. The van der Waals surface area contributed by atoms with Crippen LogP contribution in [0.15, 0.2) is 241 Å². The Labute approximate surface area is 349 Å². The Morgan fingerprint density at radius 1 is 0.283 bits per heavy atom. The fraction of sp³-hybridized carbons (Fsp3) is 0. The molecule has 0 saturated carbocycles. The Morgan fingerprint density at radius 3 is 1.28 bits per heavy atom. The summed E-state index contributed by atoms with van der Waals surface area (Å²) in [6.45, 7) is 0. The molecule has 10 aromatic carbocycles. The first-order valence-corrected chi connectivity index (χ1v) is 20.5. The third-order valence-electron chi connectivity index (χ3n) is 11.7. The fourth-order valence-corrected chi connectivity index (χ4v) is 8.91. The predicted molar refractivity (Wildman–Crippen MR) is 253 cm³/mol. The van der Waals surface area contributed by atoms with Crippen LogP contribution in [0.5, 0.6) is 0 Å². The van der Waals surface area contributed by atoms with Crippen LogP contribution < -0.4 is 4.90 Å². The number of furan rings is 1. The van der Waals surface area contributed by atoms with E-state index in [4.69, 9.17) is 4.42 Å². The average molecular weight is 766 g/mol. The van der Waals surface area contributed by atoms with Crippen LogP contribution in [-0.2, 0) is 0 Å². The third kappa shape index (κ3) is 6.23. The number of para-hydroxylation sites is 2. The number of nitrogens with zero attached hydrogens (tertiary/aromatic N) is 1. The minimum Gasteiger partial charge on any atom is -0.454 e. The van der Waals surface area contributed by atoms with Crippen LogP contribution in [0.1, 0.15) is 0 Å². The lowest BCUT2D eigenvalue weighted by atomic mass is 9.89. The van der Waals surface area contributed by atoms with E-state index in [1.165, 1.54) is 55.3 Å². The molecule has 2 heteroatoms. The maximum atomic E-state index is 6.67. The Hall–Kier alpha value is -7.94. The Morgan fingerprint density at radius 2 is 0.700 bits per heavy atom. The molecule has 0 fully saturated rings. The van der Waals surface area contributed by atoms with Gasteiger partial charge in [0.05, 0.1) is 5.69 Å². The third-order valence-corrected chi connectivity index (χ3v) is 11.7. The van der Waals surface area contributed by atoms with Crippen molar-refractivity contribution in [3.63, 3.8) is 0 Å². The van der Waals surface area contributed by atoms with Crippen molar-refractivity contribution in [1.29, 1.82) is 0 Å². The second kappa shape index (κ2) is 15.1. The van der Waals surface area contributed by atoms with Crippen LogP contribution in [-0.4, -0.2) is 0 Å². The van der Waals surface area contributed by atoms with Gasteiger partial charge in [-0.3, -0.25) is 0 Å². The lowest BCUT2D eigenvalue weighted by Gasteiger charge is -2.26. The lowest BCUT2D eigenvalue weighted by Crippen LogP contribution is -2.10. The van der Waals surface area contributed by atoms with Gasteiger partial charge in [0.2, 0.25) is 0 Å².